The van der Waals surface area contributed by atoms with E-state index in [0.717, 1.165) is 60.8 Å². The Labute approximate surface area is 169 Å². The Balaban J connectivity index is 1.48. The number of aryl methyl sites for hydroxylation is 1. The number of para-hydroxylation sites is 1. The van der Waals surface area contributed by atoms with Gasteiger partial charge in [0, 0.05) is 44.1 Å². The number of fused-ring (bicyclic) bond motifs is 2. The minimum Gasteiger partial charge on any atom is -0.343 e. The van der Waals surface area contributed by atoms with Crippen LogP contribution in [0.3, 0.4) is 0 Å². The molecule has 0 bridgehead atoms. The van der Waals surface area contributed by atoms with Gasteiger partial charge in [0.2, 0.25) is 5.91 Å². The first-order chi connectivity index (χ1) is 13.7. The van der Waals surface area contributed by atoms with E-state index in [2.05, 4.69) is 47.5 Å². The van der Waals surface area contributed by atoms with Gasteiger partial charge in [-0.3, -0.25) is 4.79 Å². The van der Waals surface area contributed by atoms with Crippen LogP contribution in [0.5, 0.6) is 0 Å². The van der Waals surface area contributed by atoms with Crippen molar-refractivity contribution in [1.82, 2.24) is 14.9 Å². The molecule has 1 amide bonds. The Morgan fingerprint density at radius 3 is 2.93 bits per heavy atom. The first kappa shape index (κ1) is 17.6. The Morgan fingerprint density at radius 1 is 1.21 bits per heavy atom. The van der Waals surface area contributed by atoms with Crippen molar-refractivity contribution in [2.45, 2.75) is 38.5 Å². The van der Waals surface area contributed by atoms with Gasteiger partial charge < -0.3 is 9.80 Å². The molecule has 1 aromatic carbocycles. The van der Waals surface area contributed by atoms with Gasteiger partial charge in [-0.1, -0.05) is 25.1 Å². The van der Waals surface area contributed by atoms with Crippen LogP contribution in [-0.4, -0.2) is 40.4 Å². The van der Waals surface area contributed by atoms with Gasteiger partial charge in [0.25, 0.3) is 0 Å². The number of likely N-dealkylation sites (tertiary alicyclic amines) is 1. The normalized spacial score (nSPS) is 19.0. The summed E-state index contributed by atoms with van der Waals surface area (Å²) in [5.41, 5.74) is 2.61. The number of rotatable bonds is 5. The molecule has 5 rings (SSSR count). The Morgan fingerprint density at radius 2 is 2.11 bits per heavy atom. The second-order valence-corrected chi connectivity index (χ2v) is 8.49. The summed E-state index contributed by atoms with van der Waals surface area (Å²) in [5, 5.41) is 3.23. The molecule has 144 valence electrons. The molecule has 1 fully saturated rings. The molecule has 1 saturated heterocycles. The average molecular weight is 393 g/mol. The summed E-state index contributed by atoms with van der Waals surface area (Å²) in [6.45, 7) is 4.78. The minimum absolute atomic E-state index is 0.312. The zero-order chi connectivity index (χ0) is 19.1. The van der Waals surface area contributed by atoms with Gasteiger partial charge in [0.05, 0.1) is 5.39 Å². The van der Waals surface area contributed by atoms with Crippen molar-refractivity contribution in [2.24, 2.45) is 0 Å². The molecule has 0 spiro atoms. The van der Waals surface area contributed by atoms with Crippen LogP contribution in [0.25, 0.3) is 10.2 Å². The van der Waals surface area contributed by atoms with Gasteiger partial charge in [-0.05, 0) is 35.9 Å². The summed E-state index contributed by atoms with van der Waals surface area (Å²) in [4.78, 5) is 27.1. The van der Waals surface area contributed by atoms with Crippen LogP contribution in [0.4, 0.5) is 11.5 Å². The average Bonchev–Trinajstić information content (AvgIpc) is 3.44. The topological polar surface area (TPSA) is 49.3 Å². The molecule has 2 aromatic heterocycles. The maximum Gasteiger partial charge on any atom is 0.222 e. The molecule has 6 heteroatoms. The molecule has 4 heterocycles. The molecule has 5 nitrogen and oxygen atoms in total. The summed E-state index contributed by atoms with van der Waals surface area (Å²) in [6, 6.07) is 10.8. The Hall–Kier alpha value is -2.47. The number of hydrogen-bond donors (Lipinski definition) is 0. The highest BCUT2D eigenvalue weighted by atomic mass is 32.1. The Bertz CT molecular complexity index is 1030. The third kappa shape index (κ3) is 2.96. The van der Waals surface area contributed by atoms with Crippen molar-refractivity contribution in [3.8, 4) is 0 Å². The molecule has 0 N–H and O–H groups in total. The number of hydrogen-bond acceptors (Lipinski definition) is 5. The van der Waals surface area contributed by atoms with Crippen LogP contribution in [0.2, 0.25) is 0 Å². The second kappa shape index (κ2) is 7.17. The third-order valence-electron chi connectivity index (χ3n) is 5.91. The monoisotopic (exact) mass is 392 g/mol. The highest BCUT2D eigenvalue weighted by Crippen LogP contribution is 2.44. The first-order valence-electron chi connectivity index (χ1n) is 10.1. The molecule has 1 unspecified atom stereocenters. The number of carbonyl (C=O) groups excluding carboxylic acids is 1. The summed E-state index contributed by atoms with van der Waals surface area (Å²) in [7, 11) is 0. The molecule has 0 radical (unpaired) electrons. The van der Waals surface area contributed by atoms with Crippen molar-refractivity contribution in [2.75, 3.05) is 24.5 Å². The fourth-order valence-corrected chi connectivity index (χ4v) is 5.22. The zero-order valence-electron chi connectivity index (χ0n) is 16.1. The molecule has 1 atom stereocenters. The van der Waals surface area contributed by atoms with Gasteiger partial charge in [0.15, 0.2) is 0 Å². The number of thiophene rings is 1. The van der Waals surface area contributed by atoms with E-state index in [9.17, 15) is 4.79 Å². The van der Waals surface area contributed by atoms with Gasteiger partial charge >= 0.3 is 0 Å². The van der Waals surface area contributed by atoms with Gasteiger partial charge in [-0.25, -0.2) is 9.97 Å². The fourth-order valence-electron chi connectivity index (χ4n) is 4.44. The first-order valence-corrected chi connectivity index (χ1v) is 11.0. The van der Waals surface area contributed by atoms with Crippen LogP contribution in [0.15, 0.2) is 35.7 Å². The molecule has 3 aromatic rings. The molecular weight excluding hydrogens is 368 g/mol. The maximum absolute atomic E-state index is 12.0. The van der Waals surface area contributed by atoms with Crippen molar-refractivity contribution in [3.05, 3.63) is 47.1 Å². The second-order valence-electron chi connectivity index (χ2n) is 7.60. The SMILES string of the molecule is CCc1nc(N2CC(CCN3CCCC3=O)c3ccccc32)c2ccsc2n1. The van der Waals surface area contributed by atoms with Crippen LogP contribution in [-0.2, 0) is 11.2 Å². The van der Waals surface area contributed by atoms with Crippen LogP contribution < -0.4 is 4.90 Å². The third-order valence-corrected chi connectivity index (χ3v) is 6.72. The maximum atomic E-state index is 12.0. The predicted molar refractivity (Wildman–Crippen MR) is 113 cm³/mol. The van der Waals surface area contributed by atoms with E-state index in [-0.39, 0.29) is 0 Å². The van der Waals surface area contributed by atoms with E-state index >= 15 is 0 Å². The van der Waals surface area contributed by atoms with Crippen LogP contribution >= 0.6 is 11.3 Å². The van der Waals surface area contributed by atoms with Gasteiger partial charge in [-0.15, -0.1) is 11.3 Å². The number of aromatic nitrogens is 2. The van der Waals surface area contributed by atoms with E-state index in [1.807, 2.05) is 4.90 Å². The van der Waals surface area contributed by atoms with E-state index in [4.69, 9.17) is 9.97 Å². The summed E-state index contributed by atoms with van der Waals surface area (Å²) in [6.07, 6.45) is 3.54. The smallest absolute Gasteiger partial charge is 0.222 e. The molecular formula is C22H24N4OS. The number of carbonyl (C=O) groups is 1. The van der Waals surface area contributed by atoms with Crippen LogP contribution in [0.1, 0.15) is 43.5 Å². The minimum atomic E-state index is 0.312. The molecule has 0 aliphatic carbocycles. The summed E-state index contributed by atoms with van der Waals surface area (Å²) >= 11 is 1.68. The van der Waals surface area contributed by atoms with Crippen molar-refractivity contribution in [1.29, 1.82) is 0 Å². The van der Waals surface area contributed by atoms with Crippen molar-refractivity contribution >= 4 is 39.0 Å². The predicted octanol–water partition coefficient (Wildman–Crippen LogP) is 4.50. The quantitative estimate of drug-likeness (QED) is 0.641. The molecule has 28 heavy (non-hydrogen) atoms. The molecule has 2 aliphatic heterocycles. The van der Waals surface area contributed by atoms with Gasteiger partial charge in [-0.2, -0.15) is 0 Å². The largest absolute Gasteiger partial charge is 0.343 e. The van der Waals surface area contributed by atoms with E-state index < -0.39 is 0 Å². The van der Waals surface area contributed by atoms with Crippen LogP contribution in [0, 0.1) is 0 Å². The van der Waals surface area contributed by atoms with E-state index in [1.165, 1.54) is 11.3 Å². The number of benzene rings is 1. The summed E-state index contributed by atoms with van der Waals surface area (Å²) < 4.78 is 0. The lowest BCUT2D eigenvalue weighted by molar-refractivity contribution is -0.127. The number of amides is 1. The lowest BCUT2D eigenvalue weighted by atomic mass is 9.98. The van der Waals surface area contributed by atoms with E-state index in [0.29, 0.717) is 18.2 Å². The highest BCUT2D eigenvalue weighted by Gasteiger charge is 2.32. The zero-order valence-corrected chi connectivity index (χ0v) is 16.9. The standard InChI is InChI=1S/C22H24N4OS/c1-2-19-23-21(17-10-13-28-22(17)24-19)26-14-15(16-6-3-4-7-18(16)26)9-12-25-11-5-8-20(25)27/h3-4,6-7,10,13,15H,2,5,8-9,11-12,14H2,1H3. The van der Waals surface area contributed by atoms with Crippen molar-refractivity contribution in [3.63, 3.8) is 0 Å². The fraction of sp³-hybridized carbons (Fsp3) is 0.409. The lowest BCUT2D eigenvalue weighted by Crippen LogP contribution is -2.27. The number of nitrogens with zero attached hydrogens (tertiary/aromatic N) is 4. The lowest BCUT2D eigenvalue weighted by Gasteiger charge is -2.21. The molecule has 0 saturated carbocycles. The number of anilines is 2. The highest BCUT2D eigenvalue weighted by molar-refractivity contribution is 7.16. The summed E-state index contributed by atoms with van der Waals surface area (Å²) in [5.74, 6) is 2.65. The van der Waals surface area contributed by atoms with E-state index in [1.54, 1.807) is 11.3 Å². The van der Waals surface area contributed by atoms with Crippen molar-refractivity contribution < 1.29 is 4.79 Å². The Kier molecular flexibility index (Phi) is 4.51. The van der Waals surface area contributed by atoms with Gasteiger partial charge in [0.1, 0.15) is 16.5 Å². The molecule has 2 aliphatic rings.